The van der Waals surface area contributed by atoms with Gasteiger partial charge in [-0.05, 0) is 35.9 Å². The minimum atomic E-state index is -0.626. The van der Waals surface area contributed by atoms with Crippen LogP contribution in [0.1, 0.15) is 11.6 Å². The second-order valence-electron chi connectivity index (χ2n) is 5.61. The number of benzene rings is 2. The zero-order valence-electron chi connectivity index (χ0n) is 14.2. The monoisotopic (exact) mass is 362 g/mol. The van der Waals surface area contributed by atoms with Gasteiger partial charge in [-0.3, -0.25) is 4.79 Å². The first-order valence-electron chi connectivity index (χ1n) is 7.66. The van der Waals surface area contributed by atoms with E-state index in [-0.39, 0.29) is 11.9 Å². The molecule has 3 rings (SSSR count). The lowest BCUT2D eigenvalue weighted by atomic mass is 9.88. The van der Waals surface area contributed by atoms with E-state index < -0.39 is 6.04 Å². The van der Waals surface area contributed by atoms with E-state index in [1.165, 1.54) is 7.11 Å². The van der Waals surface area contributed by atoms with Gasteiger partial charge in [0, 0.05) is 5.69 Å². The lowest BCUT2D eigenvalue weighted by Gasteiger charge is -2.45. The van der Waals surface area contributed by atoms with Crippen molar-refractivity contribution in [2.24, 2.45) is 5.73 Å². The summed E-state index contributed by atoms with van der Waals surface area (Å²) in [5, 5.41) is 0.430. The molecule has 0 saturated carbocycles. The van der Waals surface area contributed by atoms with E-state index in [2.05, 4.69) is 0 Å². The van der Waals surface area contributed by atoms with Crippen LogP contribution in [0.2, 0.25) is 5.02 Å². The molecule has 1 aliphatic rings. The molecule has 2 unspecified atom stereocenters. The second kappa shape index (κ2) is 6.82. The third-order valence-corrected chi connectivity index (χ3v) is 4.60. The highest BCUT2D eigenvalue weighted by molar-refractivity contribution is 6.32. The molecule has 6 nitrogen and oxygen atoms in total. The summed E-state index contributed by atoms with van der Waals surface area (Å²) >= 11 is 6.19. The topological polar surface area (TPSA) is 74.0 Å². The number of ether oxygens (including phenoxy) is 3. The lowest BCUT2D eigenvalue weighted by molar-refractivity contribution is -0.126. The van der Waals surface area contributed by atoms with Crippen molar-refractivity contribution in [3.8, 4) is 17.2 Å². The number of anilines is 1. The molecule has 0 aliphatic carbocycles. The van der Waals surface area contributed by atoms with E-state index in [0.29, 0.717) is 28.0 Å². The van der Waals surface area contributed by atoms with Crippen LogP contribution in [-0.4, -0.2) is 33.3 Å². The van der Waals surface area contributed by atoms with Crippen LogP contribution in [0.3, 0.4) is 0 Å². The molecule has 0 radical (unpaired) electrons. The lowest BCUT2D eigenvalue weighted by Crippen LogP contribution is -2.63. The maximum atomic E-state index is 12.4. The molecule has 2 aromatic rings. The zero-order chi connectivity index (χ0) is 18.1. The summed E-state index contributed by atoms with van der Waals surface area (Å²) in [5.74, 6) is 1.58. The Kier molecular flexibility index (Phi) is 4.74. The van der Waals surface area contributed by atoms with E-state index in [1.807, 2.05) is 12.1 Å². The van der Waals surface area contributed by atoms with Crippen LogP contribution >= 0.6 is 11.6 Å². The molecule has 0 spiro atoms. The Morgan fingerprint density at radius 1 is 0.960 bits per heavy atom. The Morgan fingerprint density at radius 3 is 2.20 bits per heavy atom. The number of nitrogens with two attached hydrogens (primary N) is 1. The quantitative estimate of drug-likeness (QED) is 0.828. The highest BCUT2D eigenvalue weighted by atomic mass is 35.5. The molecule has 7 heteroatoms. The molecule has 1 aliphatic heterocycles. The van der Waals surface area contributed by atoms with Crippen molar-refractivity contribution in [3.05, 3.63) is 47.0 Å². The van der Waals surface area contributed by atoms with Gasteiger partial charge in [-0.1, -0.05) is 17.7 Å². The van der Waals surface area contributed by atoms with Gasteiger partial charge in [0.2, 0.25) is 5.91 Å². The summed E-state index contributed by atoms with van der Waals surface area (Å²) in [6.45, 7) is 0. The Bertz CT molecular complexity index is 812. The van der Waals surface area contributed by atoms with Gasteiger partial charge < -0.3 is 24.8 Å². The first-order chi connectivity index (χ1) is 12.0. The third-order valence-electron chi connectivity index (χ3n) is 4.30. The van der Waals surface area contributed by atoms with Gasteiger partial charge in [0.05, 0.1) is 32.4 Å². The van der Waals surface area contributed by atoms with Crippen LogP contribution in [0.4, 0.5) is 5.69 Å². The third kappa shape index (κ3) is 2.88. The van der Waals surface area contributed by atoms with Crippen molar-refractivity contribution in [3.63, 3.8) is 0 Å². The van der Waals surface area contributed by atoms with Gasteiger partial charge in [-0.25, -0.2) is 0 Å². The summed E-state index contributed by atoms with van der Waals surface area (Å²) in [7, 11) is 4.67. The smallest absolute Gasteiger partial charge is 0.247 e. The van der Waals surface area contributed by atoms with E-state index in [0.717, 1.165) is 5.56 Å². The first-order valence-corrected chi connectivity index (χ1v) is 8.03. The fourth-order valence-corrected chi connectivity index (χ4v) is 3.25. The van der Waals surface area contributed by atoms with Crippen molar-refractivity contribution in [2.75, 3.05) is 26.2 Å². The summed E-state index contributed by atoms with van der Waals surface area (Å²) in [4.78, 5) is 14.0. The average Bonchev–Trinajstić information content (AvgIpc) is 2.64. The highest BCUT2D eigenvalue weighted by Crippen LogP contribution is 2.42. The second-order valence-corrected chi connectivity index (χ2v) is 6.02. The number of β-lactam (4-membered cyclic amide) rings is 1. The molecule has 0 aromatic heterocycles. The number of rotatable bonds is 5. The predicted molar refractivity (Wildman–Crippen MR) is 95.8 cm³/mol. The average molecular weight is 363 g/mol. The van der Waals surface area contributed by atoms with Gasteiger partial charge in [0.15, 0.2) is 11.5 Å². The van der Waals surface area contributed by atoms with Crippen LogP contribution in [-0.2, 0) is 4.79 Å². The molecule has 1 amide bonds. The van der Waals surface area contributed by atoms with Crippen LogP contribution in [0.25, 0.3) is 0 Å². The molecular weight excluding hydrogens is 344 g/mol. The van der Waals surface area contributed by atoms with E-state index in [9.17, 15) is 4.79 Å². The summed E-state index contributed by atoms with van der Waals surface area (Å²) in [6.07, 6.45) is 0. The van der Waals surface area contributed by atoms with Crippen molar-refractivity contribution < 1.29 is 19.0 Å². The molecule has 2 aromatic carbocycles. The molecule has 1 fully saturated rings. The van der Waals surface area contributed by atoms with Crippen molar-refractivity contribution >= 4 is 23.2 Å². The van der Waals surface area contributed by atoms with Gasteiger partial charge in [-0.2, -0.15) is 0 Å². The first kappa shape index (κ1) is 17.4. The number of amides is 1. The standard InChI is InChI=1S/C18H19ClN2O4/c1-23-13-7-5-11(9-12(13)19)21-17(16(20)18(21)22)10-4-6-14(24-2)15(8-10)25-3/h4-9,16-17H,20H2,1-3H3. The number of hydrogen-bond donors (Lipinski definition) is 1. The molecule has 25 heavy (non-hydrogen) atoms. The minimum absolute atomic E-state index is 0.166. The number of carbonyl (C=O) groups is 1. The fraction of sp³-hybridized carbons (Fsp3) is 0.278. The number of hydrogen-bond acceptors (Lipinski definition) is 5. The summed E-state index contributed by atoms with van der Waals surface area (Å²) < 4.78 is 15.8. The number of nitrogens with zero attached hydrogens (tertiary/aromatic N) is 1. The molecule has 0 bridgehead atoms. The number of methoxy groups -OCH3 is 3. The Labute approximate surface area is 151 Å². The SMILES string of the molecule is COc1ccc(N2C(=O)C(N)C2c2ccc(OC)c(OC)c2)cc1Cl. The van der Waals surface area contributed by atoms with Crippen LogP contribution < -0.4 is 24.8 Å². The van der Waals surface area contributed by atoms with Gasteiger partial charge in [0.25, 0.3) is 0 Å². The van der Waals surface area contributed by atoms with E-state index in [4.69, 9.17) is 31.5 Å². The van der Waals surface area contributed by atoms with Crippen molar-refractivity contribution in [1.82, 2.24) is 0 Å². The van der Waals surface area contributed by atoms with Crippen LogP contribution in [0.15, 0.2) is 36.4 Å². The molecule has 2 N–H and O–H groups in total. The number of halogens is 1. The minimum Gasteiger partial charge on any atom is -0.495 e. The van der Waals surface area contributed by atoms with Gasteiger partial charge >= 0.3 is 0 Å². The highest BCUT2D eigenvalue weighted by Gasteiger charge is 2.47. The maximum absolute atomic E-state index is 12.4. The fourth-order valence-electron chi connectivity index (χ4n) is 3.00. The normalized spacial score (nSPS) is 19.4. The van der Waals surface area contributed by atoms with E-state index >= 15 is 0 Å². The van der Waals surface area contributed by atoms with Crippen LogP contribution in [0.5, 0.6) is 17.2 Å². The largest absolute Gasteiger partial charge is 0.495 e. The molecule has 1 saturated heterocycles. The van der Waals surface area contributed by atoms with Crippen molar-refractivity contribution in [1.29, 1.82) is 0 Å². The van der Waals surface area contributed by atoms with Crippen LogP contribution in [0, 0.1) is 0 Å². The van der Waals surface area contributed by atoms with Crippen molar-refractivity contribution in [2.45, 2.75) is 12.1 Å². The predicted octanol–water partition coefficient (Wildman–Crippen LogP) is 2.78. The van der Waals surface area contributed by atoms with Gasteiger partial charge in [-0.15, -0.1) is 0 Å². The molecule has 132 valence electrons. The number of carbonyl (C=O) groups excluding carboxylic acids is 1. The van der Waals surface area contributed by atoms with Gasteiger partial charge in [0.1, 0.15) is 11.8 Å². The maximum Gasteiger partial charge on any atom is 0.247 e. The summed E-state index contributed by atoms with van der Waals surface area (Å²) in [6, 6.07) is 9.75. The Morgan fingerprint density at radius 2 is 1.60 bits per heavy atom. The molecule has 1 heterocycles. The molecule has 2 atom stereocenters. The zero-order valence-corrected chi connectivity index (χ0v) is 14.9. The Balaban J connectivity index is 1.98. The van der Waals surface area contributed by atoms with E-state index in [1.54, 1.807) is 43.4 Å². The Hall–Kier alpha value is -2.44. The summed E-state index contributed by atoms with van der Waals surface area (Å²) in [5.41, 5.74) is 7.58. The molecular formula is C18H19ClN2O4.